The van der Waals surface area contributed by atoms with Crippen LogP contribution in [0.5, 0.6) is 0 Å². The van der Waals surface area contributed by atoms with Crippen LogP contribution in [-0.2, 0) is 6.54 Å². The number of carbonyl (C=O) groups is 1. The van der Waals surface area contributed by atoms with Crippen LogP contribution in [0.3, 0.4) is 0 Å². The number of fused-ring (bicyclic) bond motifs is 1. The maximum atomic E-state index is 12.4. The number of H-pyrrole nitrogens is 1. The number of aromatic nitrogens is 2. The molecular weight excluding hydrogens is 312 g/mol. The zero-order chi connectivity index (χ0) is 17.2. The SMILES string of the molecule is Nc1ccc2nc(NCc3ccc(C(=O)C4CCCC4)cc3)[nH]c2c1. The Balaban J connectivity index is 1.41. The van der Waals surface area contributed by atoms with Crippen LogP contribution >= 0.6 is 0 Å². The molecule has 4 N–H and O–H groups in total. The van der Waals surface area contributed by atoms with Crippen LogP contribution in [0.25, 0.3) is 11.0 Å². The van der Waals surface area contributed by atoms with Gasteiger partial charge in [0, 0.05) is 23.7 Å². The van der Waals surface area contributed by atoms with Gasteiger partial charge in [-0.05, 0) is 36.6 Å². The van der Waals surface area contributed by atoms with Crippen LogP contribution in [-0.4, -0.2) is 15.8 Å². The van der Waals surface area contributed by atoms with Gasteiger partial charge in [-0.15, -0.1) is 0 Å². The first-order chi connectivity index (χ1) is 12.2. The maximum absolute atomic E-state index is 12.4. The van der Waals surface area contributed by atoms with Gasteiger partial charge in [0.15, 0.2) is 5.78 Å². The predicted octanol–water partition coefficient (Wildman–Crippen LogP) is 4.13. The largest absolute Gasteiger partial charge is 0.399 e. The standard InChI is InChI=1S/C20H22N4O/c21-16-9-10-17-18(11-16)24-20(23-17)22-12-13-5-7-15(8-6-13)19(25)14-3-1-2-4-14/h5-11,14H,1-4,12,21H2,(H2,22,23,24). The number of aromatic amines is 1. The van der Waals surface area contributed by atoms with Crippen molar-refractivity contribution in [2.24, 2.45) is 5.92 Å². The minimum absolute atomic E-state index is 0.229. The third kappa shape index (κ3) is 3.36. The second-order valence-corrected chi connectivity index (χ2v) is 6.76. The normalized spacial score (nSPS) is 14.9. The van der Waals surface area contributed by atoms with Gasteiger partial charge in [-0.2, -0.15) is 0 Å². The lowest BCUT2D eigenvalue weighted by atomic mass is 9.96. The minimum Gasteiger partial charge on any atom is -0.399 e. The van der Waals surface area contributed by atoms with Gasteiger partial charge in [-0.1, -0.05) is 37.1 Å². The maximum Gasteiger partial charge on any atom is 0.201 e. The van der Waals surface area contributed by atoms with Gasteiger partial charge in [-0.25, -0.2) is 4.98 Å². The van der Waals surface area contributed by atoms with Crippen molar-refractivity contribution in [2.45, 2.75) is 32.2 Å². The van der Waals surface area contributed by atoms with Gasteiger partial charge in [-0.3, -0.25) is 4.79 Å². The summed E-state index contributed by atoms with van der Waals surface area (Å²) in [5.41, 5.74) is 10.2. The van der Waals surface area contributed by atoms with Crippen molar-refractivity contribution in [2.75, 3.05) is 11.1 Å². The number of nitrogens with one attached hydrogen (secondary N) is 2. The number of carbonyl (C=O) groups excluding carboxylic acids is 1. The van der Waals surface area contributed by atoms with Gasteiger partial charge >= 0.3 is 0 Å². The van der Waals surface area contributed by atoms with E-state index in [1.54, 1.807) is 0 Å². The van der Waals surface area contributed by atoms with E-state index >= 15 is 0 Å². The highest BCUT2D eigenvalue weighted by atomic mass is 16.1. The molecule has 0 amide bonds. The summed E-state index contributed by atoms with van der Waals surface area (Å²) in [6.45, 7) is 0.646. The quantitative estimate of drug-likeness (QED) is 0.484. The first-order valence-corrected chi connectivity index (χ1v) is 8.81. The van der Waals surface area contributed by atoms with Gasteiger partial charge in [0.1, 0.15) is 0 Å². The summed E-state index contributed by atoms with van der Waals surface area (Å²) in [4.78, 5) is 20.1. The van der Waals surface area contributed by atoms with Crippen LogP contribution in [0.2, 0.25) is 0 Å². The number of hydrogen-bond donors (Lipinski definition) is 3. The average molecular weight is 334 g/mol. The van der Waals surface area contributed by atoms with E-state index in [9.17, 15) is 4.79 Å². The van der Waals surface area contributed by atoms with Crippen molar-refractivity contribution in [3.8, 4) is 0 Å². The molecule has 25 heavy (non-hydrogen) atoms. The van der Waals surface area contributed by atoms with E-state index in [-0.39, 0.29) is 5.92 Å². The Morgan fingerprint density at radius 2 is 1.92 bits per heavy atom. The zero-order valence-corrected chi connectivity index (χ0v) is 14.1. The van der Waals surface area contributed by atoms with E-state index in [1.165, 1.54) is 12.8 Å². The summed E-state index contributed by atoms with van der Waals surface area (Å²) in [6.07, 6.45) is 4.44. The molecular formula is C20H22N4O. The fourth-order valence-corrected chi connectivity index (χ4v) is 3.51. The molecule has 0 radical (unpaired) electrons. The van der Waals surface area contributed by atoms with Crippen LogP contribution < -0.4 is 11.1 Å². The molecule has 1 aromatic heterocycles. The lowest BCUT2D eigenvalue weighted by Crippen LogP contribution is -2.11. The molecule has 0 bridgehead atoms. The second kappa shape index (κ2) is 6.59. The Morgan fingerprint density at radius 1 is 1.16 bits per heavy atom. The van der Waals surface area contributed by atoms with Crippen molar-refractivity contribution in [3.05, 3.63) is 53.6 Å². The topological polar surface area (TPSA) is 83.8 Å². The molecule has 1 aliphatic carbocycles. The number of imidazole rings is 1. The van der Waals surface area contributed by atoms with Crippen molar-refractivity contribution in [1.29, 1.82) is 0 Å². The fraction of sp³-hybridized carbons (Fsp3) is 0.300. The molecule has 0 unspecified atom stereocenters. The highest BCUT2D eigenvalue weighted by Gasteiger charge is 2.23. The van der Waals surface area contributed by atoms with Crippen molar-refractivity contribution < 1.29 is 4.79 Å². The molecule has 5 nitrogen and oxygen atoms in total. The number of benzene rings is 2. The second-order valence-electron chi connectivity index (χ2n) is 6.76. The van der Waals surface area contributed by atoms with E-state index in [0.717, 1.165) is 35.0 Å². The van der Waals surface area contributed by atoms with Crippen LogP contribution in [0, 0.1) is 5.92 Å². The molecule has 4 rings (SSSR count). The number of rotatable bonds is 5. The van der Waals surface area contributed by atoms with Crippen molar-refractivity contribution in [1.82, 2.24) is 9.97 Å². The zero-order valence-electron chi connectivity index (χ0n) is 14.1. The molecule has 0 spiro atoms. The number of anilines is 2. The summed E-state index contributed by atoms with van der Waals surface area (Å²) in [5.74, 6) is 1.24. The molecule has 1 heterocycles. The van der Waals surface area contributed by atoms with E-state index in [4.69, 9.17) is 5.73 Å². The predicted molar refractivity (Wildman–Crippen MR) is 101 cm³/mol. The van der Waals surface area contributed by atoms with Gasteiger partial charge in [0.2, 0.25) is 5.95 Å². The van der Waals surface area contributed by atoms with E-state index in [1.807, 2.05) is 42.5 Å². The molecule has 5 heteroatoms. The van der Waals surface area contributed by atoms with Gasteiger partial charge < -0.3 is 16.0 Å². The third-order valence-corrected chi connectivity index (χ3v) is 4.93. The van der Waals surface area contributed by atoms with Gasteiger partial charge in [0.05, 0.1) is 11.0 Å². The Hall–Kier alpha value is -2.82. The third-order valence-electron chi connectivity index (χ3n) is 4.93. The molecule has 1 fully saturated rings. The summed E-state index contributed by atoms with van der Waals surface area (Å²) < 4.78 is 0. The Kier molecular flexibility index (Phi) is 4.14. The number of nitrogens with two attached hydrogens (primary N) is 1. The molecule has 0 atom stereocenters. The number of nitrogen functional groups attached to an aromatic ring is 1. The first kappa shape index (κ1) is 15.7. The summed E-state index contributed by atoms with van der Waals surface area (Å²) in [7, 11) is 0. The highest BCUT2D eigenvalue weighted by Crippen LogP contribution is 2.28. The van der Waals surface area contributed by atoms with Crippen LogP contribution in [0.1, 0.15) is 41.6 Å². The average Bonchev–Trinajstić information content (AvgIpc) is 3.29. The summed E-state index contributed by atoms with van der Waals surface area (Å²) in [6, 6.07) is 13.5. The van der Waals surface area contributed by atoms with Crippen LogP contribution in [0.4, 0.5) is 11.6 Å². The Morgan fingerprint density at radius 3 is 2.68 bits per heavy atom. The summed E-state index contributed by atoms with van der Waals surface area (Å²) >= 11 is 0. The minimum atomic E-state index is 0.229. The van der Waals surface area contributed by atoms with E-state index in [2.05, 4.69) is 15.3 Å². The van der Waals surface area contributed by atoms with E-state index < -0.39 is 0 Å². The molecule has 3 aromatic rings. The molecule has 0 saturated heterocycles. The fourth-order valence-electron chi connectivity index (χ4n) is 3.51. The van der Waals surface area contributed by atoms with Crippen molar-refractivity contribution >= 4 is 28.5 Å². The Bertz CT molecular complexity index is 892. The molecule has 128 valence electrons. The van der Waals surface area contributed by atoms with Crippen LogP contribution in [0.15, 0.2) is 42.5 Å². The number of hydrogen-bond acceptors (Lipinski definition) is 4. The molecule has 0 aliphatic heterocycles. The van der Waals surface area contributed by atoms with E-state index in [0.29, 0.717) is 24.0 Å². The molecule has 1 aliphatic rings. The highest BCUT2D eigenvalue weighted by molar-refractivity contribution is 5.98. The monoisotopic (exact) mass is 334 g/mol. The number of Topliss-reactive ketones (excluding diaryl/α,β-unsaturated/α-hetero) is 1. The smallest absolute Gasteiger partial charge is 0.201 e. The lowest BCUT2D eigenvalue weighted by Gasteiger charge is -2.09. The summed E-state index contributed by atoms with van der Waals surface area (Å²) in [5, 5.41) is 3.28. The lowest BCUT2D eigenvalue weighted by molar-refractivity contribution is 0.0923. The van der Waals surface area contributed by atoms with Gasteiger partial charge in [0.25, 0.3) is 0 Å². The number of ketones is 1. The first-order valence-electron chi connectivity index (χ1n) is 8.81. The molecule has 1 saturated carbocycles. The molecule has 2 aromatic carbocycles. The Labute approximate surface area is 146 Å². The van der Waals surface area contributed by atoms with Crippen molar-refractivity contribution in [3.63, 3.8) is 0 Å². The number of nitrogens with zero attached hydrogens (tertiary/aromatic N) is 1.